The van der Waals surface area contributed by atoms with Crippen LogP contribution in [0.3, 0.4) is 0 Å². The number of rotatable bonds is 3. The van der Waals surface area contributed by atoms with Crippen molar-refractivity contribution in [3.8, 4) is 0 Å². The van der Waals surface area contributed by atoms with Crippen LogP contribution in [-0.2, 0) is 0 Å². The van der Waals surface area contributed by atoms with Crippen LogP contribution in [0.4, 0.5) is 0 Å². The topological polar surface area (TPSA) is 84.4 Å². The Bertz CT molecular complexity index is 553. The second kappa shape index (κ2) is 5.15. The predicted molar refractivity (Wildman–Crippen MR) is 67.7 cm³/mol. The number of thiazole rings is 1. The lowest BCUT2D eigenvalue weighted by Crippen LogP contribution is -2.13. The van der Waals surface area contributed by atoms with E-state index in [4.69, 9.17) is 10.9 Å². The molecule has 0 atom stereocenters. The number of nitrogens with two attached hydrogens (primary N) is 1. The van der Waals surface area contributed by atoms with Gasteiger partial charge in [0.15, 0.2) is 10.2 Å². The molecule has 0 fully saturated rings. The van der Waals surface area contributed by atoms with Crippen molar-refractivity contribution >= 4 is 28.9 Å². The molecule has 0 saturated heterocycles. The van der Waals surface area contributed by atoms with Gasteiger partial charge in [0.25, 0.3) is 0 Å². The summed E-state index contributed by atoms with van der Waals surface area (Å²) < 4.78 is 0.923. The monoisotopic (exact) mass is 266 g/mol. The number of hydrogen-bond donors (Lipinski definition) is 2. The maximum atomic E-state index is 8.60. The second-order valence-corrected chi connectivity index (χ2v) is 5.35. The molecule has 0 bridgehead atoms. The van der Waals surface area contributed by atoms with E-state index in [-0.39, 0.29) is 5.84 Å². The highest BCUT2D eigenvalue weighted by molar-refractivity contribution is 8.01. The predicted octanol–water partition coefficient (Wildman–Crippen LogP) is 2.09. The minimum absolute atomic E-state index is 0.0737. The SMILES string of the molecule is Cc1csc(Sc2cc(/C(N)=N/O)ccn2)n1. The molecule has 5 nitrogen and oxygen atoms in total. The Balaban J connectivity index is 2.22. The second-order valence-electron chi connectivity index (χ2n) is 3.22. The third kappa shape index (κ3) is 2.95. The summed E-state index contributed by atoms with van der Waals surface area (Å²) in [7, 11) is 0. The van der Waals surface area contributed by atoms with Gasteiger partial charge in [-0.3, -0.25) is 0 Å². The molecule has 2 rings (SSSR count). The molecular weight excluding hydrogens is 256 g/mol. The van der Waals surface area contributed by atoms with E-state index in [9.17, 15) is 0 Å². The van der Waals surface area contributed by atoms with Crippen LogP contribution in [0.25, 0.3) is 0 Å². The first-order valence-corrected chi connectivity index (χ1v) is 6.42. The van der Waals surface area contributed by atoms with Crippen molar-refractivity contribution in [1.29, 1.82) is 0 Å². The number of nitrogens with zero attached hydrogens (tertiary/aromatic N) is 3. The lowest BCUT2D eigenvalue weighted by atomic mass is 10.2. The van der Waals surface area contributed by atoms with Gasteiger partial charge in [0.1, 0.15) is 5.03 Å². The molecule has 0 saturated carbocycles. The Kier molecular flexibility index (Phi) is 3.60. The third-order valence-electron chi connectivity index (χ3n) is 1.93. The van der Waals surface area contributed by atoms with Gasteiger partial charge in [-0.2, -0.15) is 0 Å². The van der Waals surface area contributed by atoms with Gasteiger partial charge >= 0.3 is 0 Å². The van der Waals surface area contributed by atoms with Crippen LogP contribution in [0.2, 0.25) is 0 Å². The van der Waals surface area contributed by atoms with Crippen LogP contribution in [0, 0.1) is 6.92 Å². The summed E-state index contributed by atoms with van der Waals surface area (Å²) in [5, 5.41) is 14.3. The van der Waals surface area contributed by atoms with E-state index < -0.39 is 0 Å². The Morgan fingerprint density at radius 1 is 1.59 bits per heavy atom. The maximum Gasteiger partial charge on any atom is 0.170 e. The molecule has 2 aromatic heterocycles. The summed E-state index contributed by atoms with van der Waals surface area (Å²) in [5.41, 5.74) is 7.14. The molecule has 0 aliphatic heterocycles. The zero-order valence-corrected chi connectivity index (χ0v) is 10.6. The molecule has 0 radical (unpaired) electrons. The van der Waals surface area contributed by atoms with Gasteiger partial charge in [-0.25, -0.2) is 9.97 Å². The van der Waals surface area contributed by atoms with Crippen molar-refractivity contribution in [2.24, 2.45) is 10.9 Å². The molecule has 3 N–H and O–H groups in total. The highest BCUT2D eigenvalue weighted by atomic mass is 32.2. The molecule has 88 valence electrons. The molecule has 0 aromatic carbocycles. The number of aromatic nitrogens is 2. The lowest BCUT2D eigenvalue weighted by molar-refractivity contribution is 0.318. The summed E-state index contributed by atoms with van der Waals surface area (Å²) in [6, 6.07) is 3.45. The molecule has 0 aliphatic carbocycles. The molecular formula is C10H10N4OS2. The largest absolute Gasteiger partial charge is 0.409 e. The smallest absolute Gasteiger partial charge is 0.170 e. The summed E-state index contributed by atoms with van der Waals surface area (Å²) in [4.78, 5) is 8.53. The Morgan fingerprint density at radius 3 is 3.06 bits per heavy atom. The average Bonchev–Trinajstić information content (AvgIpc) is 2.74. The molecule has 0 aliphatic rings. The maximum absolute atomic E-state index is 8.60. The van der Waals surface area contributed by atoms with E-state index in [1.807, 2.05) is 12.3 Å². The molecule has 7 heteroatoms. The van der Waals surface area contributed by atoms with Crippen molar-refractivity contribution in [2.75, 3.05) is 0 Å². The normalized spacial score (nSPS) is 11.7. The zero-order chi connectivity index (χ0) is 12.3. The van der Waals surface area contributed by atoms with E-state index in [1.165, 1.54) is 11.8 Å². The fourth-order valence-electron chi connectivity index (χ4n) is 1.15. The Hall–Kier alpha value is -1.60. The first-order valence-electron chi connectivity index (χ1n) is 4.73. The van der Waals surface area contributed by atoms with Crippen LogP contribution in [0.15, 0.2) is 38.2 Å². The van der Waals surface area contributed by atoms with Crippen LogP contribution < -0.4 is 5.73 Å². The lowest BCUT2D eigenvalue weighted by Gasteiger charge is -2.00. The van der Waals surface area contributed by atoms with Crippen molar-refractivity contribution < 1.29 is 5.21 Å². The van der Waals surface area contributed by atoms with E-state index >= 15 is 0 Å². The van der Waals surface area contributed by atoms with Gasteiger partial charge in [0, 0.05) is 22.8 Å². The Labute approximate surface area is 106 Å². The molecule has 2 aromatic rings. The van der Waals surface area contributed by atoms with Crippen molar-refractivity contribution in [1.82, 2.24) is 9.97 Å². The third-order valence-corrected chi connectivity index (χ3v) is 3.92. The number of amidine groups is 1. The fraction of sp³-hybridized carbons (Fsp3) is 0.100. The molecule has 2 heterocycles. The van der Waals surface area contributed by atoms with Gasteiger partial charge in [-0.05, 0) is 30.8 Å². The van der Waals surface area contributed by atoms with Crippen molar-refractivity contribution in [2.45, 2.75) is 16.3 Å². The van der Waals surface area contributed by atoms with E-state index in [0.717, 1.165) is 15.1 Å². The molecule has 0 amide bonds. The summed E-state index contributed by atoms with van der Waals surface area (Å²) in [6.45, 7) is 1.95. The van der Waals surface area contributed by atoms with Crippen molar-refractivity contribution in [3.63, 3.8) is 0 Å². The highest BCUT2D eigenvalue weighted by Crippen LogP contribution is 2.28. The number of pyridine rings is 1. The molecule has 0 unspecified atom stereocenters. The van der Waals surface area contributed by atoms with Gasteiger partial charge in [-0.1, -0.05) is 5.16 Å². The van der Waals surface area contributed by atoms with Crippen LogP contribution in [-0.4, -0.2) is 21.0 Å². The van der Waals surface area contributed by atoms with Crippen molar-refractivity contribution in [3.05, 3.63) is 35.0 Å². The highest BCUT2D eigenvalue weighted by Gasteiger charge is 2.05. The first-order chi connectivity index (χ1) is 8.19. The summed E-state index contributed by atoms with van der Waals surface area (Å²) in [6.07, 6.45) is 1.62. The van der Waals surface area contributed by atoms with Gasteiger partial charge in [0.2, 0.25) is 0 Å². The summed E-state index contributed by atoms with van der Waals surface area (Å²) in [5.74, 6) is 0.0737. The minimum Gasteiger partial charge on any atom is -0.409 e. The van der Waals surface area contributed by atoms with E-state index in [0.29, 0.717) is 5.56 Å². The van der Waals surface area contributed by atoms with Gasteiger partial charge < -0.3 is 10.9 Å². The minimum atomic E-state index is 0.0737. The van der Waals surface area contributed by atoms with Gasteiger partial charge in [0.05, 0.1) is 0 Å². The molecule has 0 spiro atoms. The van der Waals surface area contributed by atoms with Crippen LogP contribution in [0.5, 0.6) is 0 Å². The molecule has 17 heavy (non-hydrogen) atoms. The van der Waals surface area contributed by atoms with E-state index in [1.54, 1.807) is 29.7 Å². The van der Waals surface area contributed by atoms with Crippen LogP contribution in [0.1, 0.15) is 11.3 Å². The quantitative estimate of drug-likeness (QED) is 0.384. The summed E-state index contributed by atoms with van der Waals surface area (Å²) >= 11 is 3.02. The number of oxime groups is 1. The standard InChI is InChI=1S/C10H10N4OS2/c1-6-5-16-10(13-6)17-8-4-7(2-3-12-8)9(11)14-15/h2-5,15H,1H3,(H2,11,14). The van der Waals surface area contributed by atoms with Crippen LogP contribution >= 0.6 is 23.1 Å². The van der Waals surface area contributed by atoms with Gasteiger partial charge in [-0.15, -0.1) is 11.3 Å². The average molecular weight is 266 g/mol. The zero-order valence-electron chi connectivity index (χ0n) is 8.99. The Morgan fingerprint density at radius 2 is 2.41 bits per heavy atom. The number of hydrogen-bond acceptors (Lipinski definition) is 6. The van der Waals surface area contributed by atoms with E-state index in [2.05, 4.69) is 15.1 Å². The number of aryl methyl sites for hydroxylation is 1. The fourth-order valence-corrected chi connectivity index (χ4v) is 2.93. The first kappa shape index (κ1) is 11.9.